The van der Waals surface area contributed by atoms with E-state index < -0.39 is 9.84 Å². The molecule has 1 heterocycles. The lowest BCUT2D eigenvalue weighted by Gasteiger charge is -2.21. The molecule has 0 spiro atoms. The SMILES string of the molecule is CCC1CS(=O)(=O)CCN1. The molecule has 0 radical (unpaired) electrons. The molecule has 0 amide bonds. The van der Waals surface area contributed by atoms with Gasteiger partial charge in [0.1, 0.15) is 0 Å². The Morgan fingerprint density at radius 2 is 2.30 bits per heavy atom. The molecule has 4 heteroatoms. The van der Waals surface area contributed by atoms with Crippen LogP contribution in [-0.2, 0) is 9.84 Å². The van der Waals surface area contributed by atoms with Crippen LogP contribution in [0.25, 0.3) is 0 Å². The predicted molar refractivity (Wildman–Crippen MR) is 40.7 cm³/mol. The monoisotopic (exact) mass is 163 g/mol. The molecule has 60 valence electrons. The van der Waals surface area contributed by atoms with Crippen LogP contribution in [0, 0.1) is 0 Å². The fourth-order valence-corrected chi connectivity index (χ4v) is 2.69. The van der Waals surface area contributed by atoms with Crippen LogP contribution in [0.15, 0.2) is 0 Å². The third kappa shape index (κ3) is 1.95. The van der Waals surface area contributed by atoms with Gasteiger partial charge >= 0.3 is 0 Å². The Morgan fingerprint density at radius 1 is 1.60 bits per heavy atom. The number of nitrogens with one attached hydrogen (secondary N) is 1. The van der Waals surface area contributed by atoms with Gasteiger partial charge in [0.2, 0.25) is 0 Å². The first-order valence-electron chi connectivity index (χ1n) is 3.58. The summed E-state index contributed by atoms with van der Waals surface area (Å²) in [6.45, 7) is 2.62. The van der Waals surface area contributed by atoms with Gasteiger partial charge in [0.05, 0.1) is 11.5 Å². The van der Waals surface area contributed by atoms with Crippen molar-refractivity contribution in [2.24, 2.45) is 0 Å². The lowest BCUT2D eigenvalue weighted by atomic mass is 10.2. The van der Waals surface area contributed by atoms with Gasteiger partial charge in [-0.1, -0.05) is 6.92 Å². The first kappa shape index (κ1) is 8.01. The molecule has 0 bridgehead atoms. The van der Waals surface area contributed by atoms with E-state index in [4.69, 9.17) is 0 Å². The molecular weight excluding hydrogens is 150 g/mol. The van der Waals surface area contributed by atoms with Crippen LogP contribution >= 0.6 is 0 Å². The van der Waals surface area contributed by atoms with Gasteiger partial charge in [-0.15, -0.1) is 0 Å². The summed E-state index contributed by atoms with van der Waals surface area (Å²) in [6, 6.07) is 0.193. The third-order valence-electron chi connectivity index (χ3n) is 1.79. The maximum atomic E-state index is 11.0. The topological polar surface area (TPSA) is 46.2 Å². The van der Waals surface area contributed by atoms with E-state index in [1.165, 1.54) is 0 Å². The van der Waals surface area contributed by atoms with Crippen LogP contribution in [0.2, 0.25) is 0 Å². The number of hydrogen-bond acceptors (Lipinski definition) is 3. The molecule has 1 rings (SSSR count). The second-order valence-corrected chi connectivity index (χ2v) is 4.90. The van der Waals surface area contributed by atoms with Crippen LogP contribution in [0.3, 0.4) is 0 Å². The minimum atomic E-state index is -2.71. The molecular formula is C6H13NO2S. The first-order chi connectivity index (χ1) is 4.64. The quantitative estimate of drug-likeness (QED) is 0.581. The van der Waals surface area contributed by atoms with Crippen molar-refractivity contribution >= 4 is 9.84 Å². The van der Waals surface area contributed by atoms with Crippen molar-refractivity contribution in [3.05, 3.63) is 0 Å². The van der Waals surface area contributed by atoms with Crippen LogP contribution in [0.4, 0.5) is 0 Å². The lowest BCUT2D eigenvalue weighted by molar-refractivity contribution is 0.508. The molecule has 1 N–H and O–H groups in total. The van der Waals surface area contributed by atoms with Crippen molar-refractivity contribution in [1.82, 2.24) is 5.32 Å². The van der Waals surface area contributed by atoms with Crippen LogP contribution < -0.4 is 5.32 Å². The average molecular weight is 163 g/mol. The average Bonchev–Trinajstić information content (AvgIpc) is 1.86. The van der Waals surface area contributed by atoms with Gasteiger partial charge in [-0.25, -0.2) is 8.42 Å². The summed E-state index contributed by atoms with van der Waals surface area (Å²) in [7, 11) is -2.71. The van der Waals surface area contributed by atoms with Gasteiger partial charge in [-0.2, -0.15) is 0 Å². The lowest BCUT2D eigenvalue weighted by Crippen LogP contribution is -2.44. The smallest absolute Gasteiger partial charge is 0.153 e. The summed E-state index contributed by atoms with van der Waals surface area (Å²) >= 11 is 0. The molecule has 0 saturated carbocycles. The van der Waals surface area contributed by atoms with Crippen molar-refractivity contribution in [2.75, 3.05) is 18.1 Å². The highest BCUT2D eigenvalue weighted by Crippen LogP contribution is 2.03. The third-order valence-corrected chi connectivity index (χ3v) is 3.53. The second-order valence-electron chi connectivity index (χ2n) is 2.67. The Kier molecular flexibility index (Phi) is 2.31. The molecule has 0 aromatic carbocycles. The largest absolute Gasteiger partial charge is 0.312 e. The van der Waals surface area contributed by atoms with Gasteiger partial charge in [0.25, 0.3) is 0 Å². The normalized spacial score (nSPS) is 31.9. The first-order valence-corrected chi connectivity index (χ1v) is 5.40. The van der Waals surface area contributed by atoms with Crippen LogP contribution in [0.5, 0.6) is 0 Å². The van der Waals surface area contributed by atoms with Crippen molar-refractivity contribution in [3.63, 3.8) is 0 Å². The summed E-state index contributed by atoms with van der Waals surface area (Å²) in [5, 5.41) is 3.15. The molecule has 1 aliphatic heterocycles. The highest BCUT2D eigenvalue weighted by atomic mass is 32.2. The van der Waals surface area contributed by atoms with E-state index in [9.17, 15) is 8.42 Å². The molecule has 1 unspecified atom stereocenters. The predicted octanol–water partition coefficient (Wildman–Crippen LogP) is -0.217. The summed E-state index contributed by atoms with van der Waals surface area (Å²) in [4.78, 5) is 0. The van der Waals surface area contributed by atoms with Gasteiger partial charge in [0, 0.05) is 12.6 Å². The Balaban J connectivity index is 2.56. The van der Waals surface area contributed by atoms with Gasteiger partial charge < -0.3 is 5.32 Å². The molecule has 1 atom stereocenters. The standard InChI is InChI=1S/C6H13NO2S/c1-2-6-5-10(8,9)4-3-7-6/h6-7H,2-5H2,1H3. The maximum Gasteiger partial charge on any atom is 0.153 e. The van der Waals surface area contributed by atoms with Gasteiger partial charge in [0.15, 0.2) is 9.84 Å². The Morgan fingerprint density at radius 3 is 2.70 bits per heavy atom. The summed E-state index contributed by atoms with van der Waals surface area (Å²) < 4.78 is 22.0. The van der Waals surface area contributed by atoms with Crippen molar-refractivity contribution < 1.29 is 8.42 Å². The number of hydrogen-bond donors (Lipinski definition) is 1. The zero-order chi connectivity index (χ0) is 7.61. The minimum Gasteiger partial charge on any atom is -0.312 e. The number of sulfone groups is 1. The van der Waals surface area contributed by atoms with Gasteiger partial charge in [-0.05, 0) is 6.42 Å². The van der Waals surface area contributed by atoms with Crippen LogP contribution in [-0.4, -0.2) is 32.5 Å². The summed E-state index contributed by atoms with van der Waals surface area (Å²) in [5.74, 6) is 0.632. The number of rotatable bonds is 1. The van der Waals surface area contributed by atoms with E-state index in [0.717, 1.165) is 6.42 Å². The van der Waals surface area contributed by atoms with E-state index in [2.05, 4.69) is 5.32 Å². The van der Waals surface area contributed by atoms with E-state index in [-0.39, 0.29) is 6.04 Å². The fourth-order valence-electron chi connectivity index (χ4n) is 1.13. The van der Waals surface area contributed by atoms with Crippen molar-refractivity contribution in [2.45, 2.75) is 19.4 Å². The highest BCUT2D eigenvalue weighted by molar-refractivity contribution is 7.91. The van der Waals surface area contributed by atoms with E-state index in [0.29, 0.717) is 18.1 Å². The zero-order valence-corrected chi connectivity index (χ0v) is 6.95. The van der Waals surface area contributed by atoms with E-state index in [1.54, 1.807) is 0 Å². The molecule has 10 heavy (non-hydrogen) atoms. The van der Waals surface area contributed by atoms with Crippen molar-refractivity contribution in [3.8, 4) is 0 Å². The van der Waals surface area contributed by atoms with E-state index in [1.807, 2.05) is 6.92 Å². The second kappa shape index (κ2) is 2.88. The summed E-state index contributed by atoms with van der Waals surface area (Å²) in [6.07, 6.45) is 0.902. The van der Waals surface area contributed by atoms with Crippen LogP contribution in [0.1, 0.15) is 13.3 Å². The Hall–Kier alpha value is -0.0900. The fraction of sp³-hybridized carbons (Fsp3) is 1.00. The summed E-state index contributed by atoms with van der Waals surface area (Å²) in [5.41, 5.74) is 0. The molecule has 1 saturated heterocycles. The molecule has 1 aliphatic rings. The Bertz CT molecular complexity index is 198. The molecule has 0 aliphatic carbocycles. The highest BCUT2D eigenvalue weighted by Gasteiger charge is 2.22. The molecule has 3 nitrogen and oxygen atoms in total. The molecule has 0 aromatic heterocycles. The zero-order valence-electron chi connectivity index (χ0n) is 6.13. The van der Waals surface area contributed by atoms with Gasteiger partial charge in [-0.3, -0.25) is 0 Å². The van der Waals surface area contributed by atoms with E-state index >= 15 is 0 Å². The minimum absolute atomic E-state index is 0.193. The maximum absolute atomic E-state index is 11.0. The Labute approximate surface area is 61.7 Å². The molecule has 0 aromatic rings. The molecule has 1 fully saturated rings. The van der Waals surface area contributed by atoms with Crippen molar-refractivity contribution in [1.29, 1.82) is 0 Å².